The normalized spacial score (nSPS) is 11.0. The highest BCUT2D eigenvalue weighted by Gasteiger charge is 2.19. The molecule has 5 nitrogen and oxygen atoms in total. The van der Waals surface area contributed by atoms with Crippen molar-refractivity contribution in [2.45, 2.75) is 11.8 Å². The first kappa shape index (κ1) is 13.8. The molecule has 0 bridgehead atoms. The first-order valence-corrected chi connectivity index (χ1v) is 7.01. The zero-order valence-corrected chi connectivity index (χ0v) is 10.8. The first-order chi connectivity index (χ1) is 7.90. The molecule has 1 aromatic carbocycles. The van der Waals surface area contributed by atoms with Crippen LogP contribution in [0.3, 0.4) is 0 Å². The van der Waals surface area contributed by atoms with Gasteiger partial charge < -0.3 is 9.47 Å². The van der Waals surface area contributed by atoms with Crippen molar-refractivity contribution in [2.75, 3.05) is 13.7 Å². The Kier molecular flexibility index (Phi) is 4.36. The van der Waals surface area contributed by atoms with Crippen molar-refractivity contribution in [2.24, 2.45) is 0 Å². The number of benzene rings is 1. The van der Waals surface area contributed by atoms with Crippen molar-refractivity contribution in [3.63, 3.8) is 0 Å². The van der Waals surface area contributed by atoms with Crippen LogP contribution in [0.2, 0.25) is 0 Å². The van der Waals surface area contributed by atoms with Gasteiger partial charge in [-0.25, -0.2) is 13.2 Å². The fraction of sp³-hybridized carbons (Fsp3) is 0.300. The monoisotopic (exact) mass is 278 g/mol. The number of halogens is 1. The second-order valence-electron chi connectivity index (χ2n) is 3.02. The Hall–Kier alpha value is -1.27. The molecule has 0 aliphatic carbocycles. The lowest BCUT2D eigenvalue weighted by Gasteiger charge is -2.08. The van der Waals surface area contributed by atoms with Crippen LogP contribution < -0.4 is 4.74 Å². The first-order valence-electron chi connectivity index (χ1n) is 4.70. The van der Waals surface area contributed by atoms with Gasteiger partial charge in [0, 0.05) is 10.7 Å². The number of hydrogen-bond donors (Lipinski definition) is 0. The van der Waals surface area contributed by atoms with Gasteiger partial charge in [-0.1, -0.05) is 0 Å². The summed E-state index contributed by atoms with van der Waals surface area (Å²) in [6, 6.07) is 3.90. The van der Waals surface area contributed by atoms with Crippen molar-refractivity contribution in [3.8, 4) is 5.75 Å². The maximum atomic E-state index is 11.3. The summed E-state index contributed by atoms with van der Waals surface area (Å²) in [7, 11) is 2.48. The Morgan fingerprint density at radius 2 is 2.06 bits per heavy atom. The summed E-state index contributed by atoms with van der Waals surface area (Å²) in [4.78, 5) is 11.0. The molecule has 17 heavy (non-hydrogen) atoms. The lowest BCUT2D eigenvalue weighted by Crippen LogP contribution is -2.05. The van der Waals surface area contributed by atoms with E-state index < -0.39 is 15.0 Å². The summed E-state index contributed by atoms with van der Waals surface area (Å²) in [5.74, 6) is -0.537. The van der Waals surface area contributed by atoms with E-state index in [1.54, 1.807) is 6.92 Å². The van der Waals surface area contributed by atoms with Crippen LogP contribution in [0.15, 0.2) is 23.1 Å². The summed E-state index contributed by atoms with van der Waals surface area (Å²) in [6.45, 7) is 2.00. The molecule has 1 aromatic rings. The second-order valence-corrected chi connectivity index (χ2v) is 5.56. The van der Waals surface area contributed by atoms with Gasteiger partial charge in [-0.2, -0.15) is 0 Å². The van der Waals surface area contributed by atoms with Gasteiger partial charge in [0.1, 0.15) is 10.6 Å². The largest absolute Gasteiger partial charge is 0.492 e. The number of carbonyl (C=O) groups excluding carboxylic acids is 1. The van der Waals surface area contributed by atoms with Crippen LogP contribution in [0.4, 0.5) is 0 Å². The van der Waals surface area contributed by atoms with Crippen LogP contribution in [0.1, 0.15) is 17.3 Å². The number of esters is 1. The molecule has 0 aliphatic heterocycles. The molecule has 7 heteroatoms. The molecule has 0 heterocycles. The number of methoxy groups -OCH3 is 1. The summed E-state index contributed by atoms with van der Waals surface area (Å²) < 4.78 is 32.3. The van der Waals surface area contributed by atoms with Crippen LogP contribution in [0.5, 0.6) is 5.75 Å². The van der Waals surface area contributed by atoms with E-state index in [4.69, 9.17) is 15.4 Å². The predicted molar refractivity (Wildman–Crippen MR) is 62.0 cm³/mol. The molecular weight excluding hydrogens is 268 g/mol. The summed E-state index contributed by atoms with van der Waals surface area (Å²) in [5, 5.41) is 0. The fourth-order valence-electron chi connectivity index (χ4n) is 1.22. The molecule has 0 aliphatic rings. The minimum atomic E-state index is -3.98. The van der Waals surface area contributed by atoms with Gasteiger partial charge in [0.2, 0.25) is 0 Å². The van der Waals surface area contributed by atoms with E-state index in [9.17, 15) is 13.2 Å². The second kappa shape index (κ2) is 5.37. The van der Waals surface area contributed by atoms with Gasteiger partial charge in [0.25, 0.3) is 9.05 Å². The van der Waals surface area contributed by atoms with Crippen LogP contribution in [0, 0.1) is 0 Å². The smallest absolute Gasteiger partial charge is 0.337 e. The SMILES string of the molecule is CCOc1ccc(C(=O)OC)cc1S(=O)(=O)Cl. The molecule has 0 radical (unpaired) electrons. The highest BCUT2D eigenvalue weighted by Crippen LogP contribution is 2.28. The Morgan fingerprint density at radius 3 is 2.53 bits per heavy atom. The van der Waals surface area contributed by atoms with E-state index in [-0.39, 0.29) is 22.8 Å². The molecule has 1 rings (SSSR count). The van der Waals surface area contributed by atoms with Crippen LogP contribution >= 0.6 is 10.7 Å². The molecule has 0 spiro atoms. The minimum absolute atomic E-state index is 0.0928. The van der Waals surface area contributed by atoms with Crippen molar-refractivity contribution in [1.82, 2.24) is 0 Å². The van der Waals surface area contributed by atoms with Crippen molar-refractivity contribution in [3.05, 3.63) is 23.8 Å². The molecule has 0 N–H and O–H groups in total. The lowest BCUT2D eigenvalue weighted by molar-refractivity contribution is 0.0600. The third-order valence-electron chi connectivity index (χ3n) is 1.93. The number of carbonyl (C=O) groups is 1. The van der Waals surface area contributed by atoms with Crippen molar-refractivity contribution < 1.29 is 22.7 Å². The van der Waals surface area contributed by atoms with E-state index >= 15 is 0 Å². The predicted octanol–water partition coefficient (Wildman–Crippen LogP) is 1.80. The topological polar surface area (TPSA) is 69.7 Å². The molecule has 0 atom stereocenters. The Balaban J connectivity index is 3.34. The van der Waals surface area contributed by atoms with Gasteiger partial charge in [-0.15, -0.1) is 0 Å². The third-order valence-corrected chi connectivity index (χ3v) is 3.27. The Morgan fingerprint density at radius 1 is 1.41 bits per heavy atom. The van der Waals surface area contributed by atoms with Crippen molar-refractivity contribution >= 4 is 25.7 Å². The Labute approximate surface area is 104 Å². The number of ether oxygens (including phenoxy) is 2. The van der Waals surface area contributed by atoms with E-state index in [2.05, 4.69) is 4.74 Å². The zero-order valence-electron chi connectivity index (χ0n) is 9.27. The lowest BCUT2D eigenvalue weighted by atomic mass is 10.2. The van der Waals surface area contributed by atoms with Crippen LogP contribution in [0.25, 0.3) is 0 Å². The molecular formula is C10H11ClO5S. The molecule has 0 aromatic heterocycles. The average Bonchev–Trinajstić information content (AvgIpc) is 2.27. The molecule has 0 amide bonds. The Bertz CT molecular complexity index is 523. The van der Waals surface area contributed by atoms with Gasteiger partial charge in [0.05, 0.1) is 19.3 Å². The highest BCUT2D eigenvalue weighted by molar-refractivity contribution is 8.13. The quantitative estimate of drug-likeness (QED) is 0.620. The minimum Gasteiger partial charge on any atom is -0.492 e. The molecule has 0 unspecified atom stereocenters. The fourth-order valence-corrected chi connectivity index (χ4v) is 2.21. The van der Waals surface area contributed by atoms with Gasteiger partial charge in [-0.3, -0.25) is 0 Å². The standard InChI is InChI=1S/C10H11ClO5S/c1-3-16-8-5-4-7(10(12)15-2)6-9(8)17(11,13)14/h4-6H,3H2,1-2H3. The molecule has 0 saturated heterocycles. The number of rotatable bonds is 4. The maximum Gasteiger partial charge on any atom is 0.337 e. The van der Waals surface area contributed by atoms with E-state index in [0.717, 1.165) is 6.07 Å². The maximum absolute atomic E-state index is 11.3. The average molecular weight is 279 g/mol. The van der Waals surface area contributed by atoms with Crippen LogP contribution in [-0.2, 0) is 13.8 Å². The number of hydrogen-bond acceptors (Lipinski definition) is 5. The van der Waals surface area contributed by atoms with Crippen molar-refractivity contribution in [1.29, 1.82) is 0 Å². The molecule has 0 saturated carbocycles. The highest BCUT2D eigenvalue weighted by atomic mass is 35.7. The van der Waals surface area contributed by atoms with Gasteiger partial charge >= 0.3 is 5.97 Å². The van der Waals surface area contributed by atoms with E-state index in [1.807, 2.05) is 0 Å². The van der Waals surface area contributed by atoms with E-state index in [1.165, 1.54) is 19.2 Å². The molecule has 94 valence electrons. The van der Waals surface area contributed by atoms with E-state index in [0.29, 0.717) is 0 Å². The summed E-state index contributed by atoms with van der Waals surface area (Å²) in [6.07, 6.45) is 0. The van der Waals surface area contributed by atoms with Gasteiger partial charge in [0.15, 0.2) is 0 Å². The molecule has 0 fully saturated rings. The summed E-state index contributed by atoms with van der Waals surface area (Å²) in [5.41, 5.74) is 0.0928. The van der Waals surface area contributed by atoms with Crippen LogP contribution in [-0.4, -0.2) is 28.1 Å². The zero-order chi connectivity index (χ0) is 13.1. The summed E-state index contributed by atoms with van der Waals surface area (Å²) >= 11 is 0. The third kappa shape index (κ3) is 3.34. The van der Waals surface area contributed by atoms with Gasteiger partial charge in [-0.05, 0) is 25.1 Å².